The monoisotopic (exact) mass is 253 g/mol. The van der Waals surface area contributed by atoms with E-state index in [9.17, 15) is 4.39 Å². The molecule has 0 amide bonds. The number of benzene rings is 1. The third-order valence-electron chi connectivity index (χ3n) is 3.30. The Balaban J connectivity index is 1.92. The Morgan fingerprint density at radius 2 is 2.17 bits per heavy atom. The Hall–Kier alpha value is -1.13. The van der Waals surface area contributed by atoms with Crippen LogP contribution < -0.4 is 10.5 Å². The minimum atomic E-state index is -0.336. The van der Waals surface area contributed by atoms with Crippen molar-refractivity contribution in [2.24, 2.45) is 11.7 Å². The number of hydrogen-bond donors (Lipinski definition) is 1. The van der Waals surface area contributed by atoms with Crippen molar-refractivity contribution in [1.82, 2.24) is 0 Å². The lowest BCUT2D eigenvalue weighted by molar-refractivity contribution is 0.0491. The number of rotatable bonds is 4. The first-order valence-electron chi connectivity index (χ1n) is 6.42. The summed E-state index contributed by atoms with van der Waals surface area (Å²) in [6.07, 6.45) is 1.97. The van der Waals surface area contributed by atoms with Gasteiger partial charge in [-0.25, -0.2) is 4.39 Å². The van der Waals surface area contributed by atoms with Crippen LogP contribution in [0.25, 0.3) is 0 Å². The summed E-state index contributed by atoms with van der Waals surface area (Å²) < 4.78 is 24.6. The Bertz CT molecular complexity index is 389. The zero-order chi connectivity index (χ0) is 13.0. The van der Waals surface area contributed by atoms with E-state index in [1.807, 2.05) is 13.0 Å². The van der Waals surface area contributed by atoms with Gasteiger partial charge in [-0.15, -0.1) is 0 Å². The number of nitrogens with two attached hydrogens (primary N) is 1. The highest BCUT2D eigenvalue weighted by Gasteiger charge is 2.15. The van der Waals surface area contributed by atoms with E-state index in [1.54, 1.807) is 6.07 Å². The quantitative estimate of drug-likeness (QED) is 0.897. The summed E-state index contributed by atoms with van der Waals surface area (Å²) in [4.78, 5) is 0. The maximum absolute atomic E-state index is 13.8. The van der Waals surface area contributed by atoms with E-state index in [1.165, 1.54) is 6.07 Å². The molecule has 3 nitrogen and oxygen atoms in total. The molecule has 18 heavy (non-hydrogen) atoms. The molecule has 0 radical (unpaired) electrons. The fraction of sp³-hybridized carbons (Fsp3) is 0.571. The van der Waals surface area contributed by atoms with Gasteiger partial charge in [0.05, 0.1) is 6.61 Å². The molecule has 1 saturated heterocycles. The van der Waals surface area contributed by atoms with Gasteiger partial charge in [0.1, 0.15) is 0 Å². The molecule has 0 bridgehead atoms. The van der Waals surface area contributed by atoms with E-state index >= 15 is 0 Å². The van der Waals surface area contributed by atoms with Crippen LogP contribution >= 0.6 is 0 Å². The molecule has 1 aromatic rings. The van der Waals surface area contributed by atoms with Crippen LogP contribution in [0, 0.1) is 11.7 Å². The van der Waals surface area contributed by atoms with E-state index in [-0.39, 0.29) is 11.9 Å². The predicted molar refractivity (Wildman–Crippen MR) is 68.0 cm³/mol. The van der Waals surface area contributed by atoms with Crippen LogP contribution in [-0.4, -0.2) is 19.8 Å². The van der Waals surface area contributed by atoms with Crippen LogP contribution in [0.3, 0.4) is 0 Å². The molecule has 1 aliphatic rings. The first-order valence-corrected chi connectivity index (χ1v) is 6.42. The third kappa shape index (κ3) is 3.43. The second kappa shape index (κ2) is 6.16. The molecule has 0 aromatic heterocycles. The van der Waals surface area contributed by atoms with Crippen molar-refractivity contribution in [3.05, 3.63) is 29.6 Å². The second-order valence-corrected chi connectivity index (χ2v) is 4.85. The standard InChI is InChI=1S/C14H20FNO2/c1-10(16)12-2-3-14(13(15)8-12)18-9-11-4-6-17-7-5-11/h2-3,8,10-11H,4-7,9,16H2,1H3/t10-/m1/s1. The van der Waals surface area contributed by atoms with Crippen LogP contribution in [0.2, 0.25) is 0 Å². The van der Waals surface area contributed by atoms with Crippen molar-refractivity contribution in [2.75, 3.05) is 19.8 Å². The summed E-state index contributed by atoms with van der Waals surface area (Å²) in [6, 6.07) is 4.76. The highest BCUT2D eigenvalue weighted by atomic mass is 19.1. The zero-order valence-electron chi connectivity index (χ0n) is 10.7. The minimum absolute atomic E-state index is 0.163. The van der Waals surface area contributed by atoms with Crippen molar-refractivity contribution in [3.63, 3.8) is 0 Å². The molecule has 1 atom stereocenters. The first-order chi connectivity index (χ1) is 8.66. The lowest BCUT2D eigenvalue weighted by Gasteiger charge is -2.22. The van der Waals surface area contributed by atoms with Crippen LogP contribution in [0.4, 0.5) is 4.39 Å². The maximum atomic E-state index is 13.8. The first kappa shape index (κ1) is 13.3. The van der Waals surface area contributed by atoms with Crippen LogP contribution in [0.15, 0.2) is 18.2 Å². The van der Waals surface area contributed by atoms with Gasteiger partial charge in [0.25, 0.3) is 0 Å². The lowest BCUT2D eigenvalue weighted by atomic mass is 10.0. The average Bonchev–Trinajstić information content (AvgIpc) is 2.38. The summed E-state index contributed by atoms with van der Waals surface area (Å²) in [5, 5.41) is 0. The molecule has 1 fully saturated rings. The summed E-state index contributed by atoms with van der Waals surface area (Å²) in [7, 11) is 0. The third-order valence-corrected chi connectivity index (χ3v) is 3.30. The highest BCUT2D eigenvalue weighted by molar-refractivity contribution is 5.30. The van der Waals surface area contributed by atoms with Gasteiger partial charge in [0, 0.05) is 19.3 Å². The van der Waals surface area contributed by atoms with E-state index in [0.29, 0.717) is 18.3 Å². The van der Waals surface area contributed by atoms with Crippen molar-refractivity contribution < 1.29 is 13.9 Å². The van der Waals surface area contributed by atoms with Gasteiger partial charge in [0.2, 0.25) is 0 Å². The smallest absolute Gasteiger partial charge is 0.165 e. The van der Waals surface area contributed by atoms with Crippen LogP contribution in [-0.2, 0) is 4.74 Å². The van der Waals surface area contributed by atoms with Gasteiger partial charge in [-0.1, -0.05) is 6.07 Å². The van der Waals surface area contributed by atoms with Crippen molar-refractivity contribution in [3.8, 4) is 5.75 Å². The molecule has 0 unspecified atom stereocenters. The van der Waals surface area contributed by atoms with Crippen molar-refractivity contribution in [1.29, 1.82) is 0 Å². The lowest BCUT2D eigenvalue weighted by Crippen LogP contribution is -2.21. The predicted octanol–water partition coefficient (Wildman–Crippen LogP) is 2.65. The van der Waals surface area contributed by atoms with E-state index in [4.69, 9.17) is 15.2 Å². The molecule has 100 valence electrons. The topological polar surface area (TPSA) is 44.5 Å². The van der Waals surface area contributed by atoms with Crippen LogP contribution in [0.5, 0.6) is 5.75 Å². The number of ether oxygens (including phenoxy) is 2. The normalized spacial score (nSPS) is 18.6. The summed E-state index contributed by atoms with van der Waals surface area (Å²) in [5.74, 6) is 0.439. The number of hydrogen-bond acceptors (Lipinski definition) is 3. The van der Waals surface area contributed by atoms with Gasteiger partial charge < -0.3 is 15.2 Å². The van der Waals surface area contributed by atoms with Crippen LogP contribution in [0.1, 0.15) is 31.4 Å². The summed E-state index contributed by atoms with van der Waals surface area (Å²) in [6.45, 7) is 3.94. The highest BCUT2D eigenvalue weighted by Crippen LogP contribution is 2.23. The zero-order valence-corrected chi connectivity index (χ0v) is 10.7. The molecule has 1 heterocycles. The van der Waals surface area contributed by atoms with Gasteiger partial charge in [-0.2, -0.15) is 0 Å². The molecule has 0 aliphatic carbocycles. The average molecular weight is 253 g/mol. The van der Waals surface area contributed by atoms with Gasteiger partial charge in [-0.3, -0.25) is 0 Å². The Kier molecular flexibility index (Phi) is 4.55. The fourth-order valence-corrected chi connectivity index (χ4v) is 2.04. The minimum Gasteiger partial charge on any atom is -0.490 e. The number of halogens is 1. The molecule has 4 heteroatoms. The van der Waals surface area contributed by atoms with Crippen molar-refractivity contribution in [2.45, 2.75) is 25.8 Å². The Morgan fingerprint density at radius 3 is 2.78 bits per heavy atom. The molecular weight excluding hydrogens is 233 g/mol. The van der Waals surface area contributed by atoms with E-state index in [0.717, 1.165) is 31.6 Å². The Labute approximate surface area is 107 Å². The SMILES string of the molecule is C[C@@H](N)c1ccc(OCC2CCOCC2)c(F)c1. The van der Waals surface area contributed by atoms with Gasteiger partial charge in [-0.05, 0) is 43.4 Å². The summed E-state index contributed by atoms with van der Waals surface area (Å²) >= 11 is 0. The maximum Gasteiger partial charge on any atom is 0.165 e. The molecule has 0 saturated carbocycles. The molecule has 1 aromatic carbocycles. The molecular formula is C14H20FNO2. The van der Waals surface area contributed by atoms with Crippen molar-refractivity contribution >= 4 is 0 Å². The Morgan fingerprint density at radius 1 is 1.44 bits per heavy atom. The molecule has 2 N–H and O–H groups in total. The van der Waals surface area contributed by atoms with E-state index < -0.39 is 0 Å². The molecule has 1 aliphatic heterocycles. The second-order valence-electron chi connectivity index (χ2n) is 4.85. The fourth-order valence-electron chi connectivity index (χ4n) is 2.04. The van der Waals surface area contributed by atoms with Gasteiger partial charge >= 0.3 is 0 Å². The summed E-state index contributed by atoms with van der Waals surface area (Å²) in [5.41, 5.74) is 6.49. The van der Waals surface area contributed by atoms with Gasteiger partial charge in [0.15, 0.2) is 11.6 Å². The molecule has 0 spiro atoms. The van der Waals surface area contributed by atoms with E-state index in [2.05, 4.69) is 0 Å². The largest absolute Gasteiger partial charge is 0.490 e. The molecule has 2 rings (SSSR count).